The normalized spacial score (nSPS) is 11.7. The van der Waals surface area contributed by atoms with Crippen LogP contribution in [0.4, 0.5) is 0 Å². The van der Waals surface area contributed by atoms with Crippen LogP contribution < -0.4 is 49.2 Å². The summed E-state index contributed by atoms with van der Waals surface area (Å²) in [5.74, 6) is 1.91. The highest BCUT2D eigenvalue weighted by Gasteiger charge is 2.25. The highest BCUT2D eigenvalue weighted by Crippen LogP contribution is 2.37. The summed E-state index contributed by atoms with van der Waals surface area (Å²) in [4.78, 5) is 16.2. The zero-order valence-electron chi connectivity index (χ0n) is 38.0. The molecule has 0 aliphatic heterocycles. The van der Waals surface area contributed by atoms with Crippen molar-refractivity contribution in [1.82, 2.24) is 15.0 Å². The molecule has 0 saturated heterocycles. The van der Waals surface area contributed by atoms with E-state index in [1.807, 2.05) is 24.3 Å². The van der Waals surface area contributed by atoms with Gasteiger partial charge in [0, 0.05) is 27.5 Å². The number of rotatable bonds is 5. The Labute approximate surface area is 381 Å². The second-order valence-electron chi connectivity index (χ2n) is 17.8. The number of hydrogen-bond donors (Lipinski definition) is 0. The Morgan fingerprint density at radius 2 is 0.828 bits per heavy atom. The third kappa shape index (κ3) is 6.15. The molecule has 0 amide bonds. The second-order valence-corrected chi connectivity index (χ2v) is 17.8. The molecule has 0 spiro atoms. The maximum atomic E-state index is 6.39. The molecular formula is C51H40B9N3O. The molecule has 0 aliphatic carbocycles. The minimum absolute atomic E-state index is 0.614. The lowest BCUT2D eigenvalue weighted by molar-refractivity contribution is 0.669. The highest BCUT2D eigenvalue weighted by molar-refractivity contribution is 6.74. The standard InChI is InChI=1S/C51H40B9N3O/c52-40-37-35(36-38(44(56)43(37)55)45(57)48(60)47(59)42(36)54)41(53)46(58)39(40)51-62-49(61-50(63-51)31-12-6-14-33-34(31)30-11-3-4-13-32(30)64-33)29-10-5-9-27(22-29)24-15-17-25(18-16-24)28-20-19-23-7-1-2-8-26(23)21-28/h1-22H,52-60H2. The summed E-state index contributed by atoms with van der Waals surface area (Å²) in [6.45, 7) is 0. The van der Waals surface area contributed by atoms with Crippen molar-refractivity contribution in [3.05, 3.63) is 133 Å². The van der Waals surface area contributed by atoms with Crippen LogP contribution in [0.2, 0.25) is 0 Å². The topological polar surface area (TPSA) is 51.8 Å². The van der Waals surface area contributed by atoms with Crippen molar-refractivity contribution >= 4 is 174 Å². The first-order valence-corrected chi connectivity index (χ1v) is 22.3. The molecular weight excluding hydrogens is 768 g/mol. The first-order chi connectivity index (χ1) is 31.0. The van der Waals surface area contributed by atoms with Gasteiger partial charge in [0.2, 0.25) is 0 Å². The molecule has 2 heterocycles. The molecule has 64 heavy (non-hydrogen) atoms. The van der Waals surface area contributed by atoms with Crippen LogP contribution in [0.15, 0.2) is 138 Å². The molecule has 11 rings (SSSR count). The van der Waals surface area contributed by atoms with Crippen LogP contribution in [-0.4, -0.2) is 85.6 Å². The van der Waals surface area contributed by atoms with Crippen LogP contribution in [0, 0.1) is 0 Å². The highest BCUT2D eigenvalue weighted by atomic mass is 16.3. The minimum atomic E-state index is 0.614. The van der Waals surface area contributed by atoms with Crippen molar-refractivity contribution in [2.75, 3.05) is 0 Å². The molecule has 4 nitrogen and oxygen atoms in total. The predicted molar refractivity (Wildman–Crippen MR) is 300 cm³/mol. The Hall–Kier alpha value is -6.85. The number of fused-ring (bicyclic) bond motifs is 7. The van der Waals surface area contributed by atoms with Crippen molar-refractivity contribution in [3.63, 3.8) is 0 Å². The quantitative estimate of drug-likeness (QED) is 0.148. The molecule has 2 aromatic heterocycles. The number of aromatic nitrogens is 3. The number of furan rings is 1. The zero-order chi connectivity index (χ0) is 44.1. The number of benzene rings is 9. The van der Waals surface area contributed by atoms with E-state index in [4.69, 9.17) is 19.4 Å². The Kier molecular flexibility index (Phi) is 9.47. The summed E-state index contributed by atoms with van der Waals surface area (Å²) in [5.41, 5.74) is 20.9. The van der Waals surface area contributed by atoms with Gasteiger partial charge in [0.25, 0.3) is 0 Å². The van der Waals surface area contributed by atoms with E-state index < -0.39 is 0 Å². The van der Waals surface area contributed by atoms with Crippen molar-refractivity contribution in [1.29, 1.82) is 0 Å². The number of para-hydroxylation sites is 1. The lowest BCUT2D eigenvalue weighted by Gasteiger charge is -2.26. The van der Waals surface area contributed by atoms with Crippen LogP contribution in [0.1, 0.15) is 0 Å². The molecule has 13 heteroatoms. The predicted octanol–water partition coefficient (Wildman–Crippen LogP) is -2.11. The van der Waals surface area contributed by atoms with Gasteiger partial charge in [0.05, 0.1) is 0 Å². The lowest BCUT2D eigenvalue weighted by Crippen LogP contribution is -2.51. The summed E-state index contributed by atoms with van der Waals surface area (Å²) in [6.07, 6.45) is 0. The van der Waals surface area contributed by atoms with Gasteiger partial charge in [0.15, 0.2) is 17.5 Å². The van der Waals surface area contributed by atoms with Gasteiger partial charge in [-0.1, -0.05) is 147 Å². The molecule has 0 atom stereocenters. The van der Waals surface area contributed by atoms with Gasteiger partial charge in [-0.15, -0.1) is 10.9 Å². The summed E-state index contributed by atoms with van der Waals surface area (Å²) < 4.78 is 6.39. The first kappa shape index (κ1) is 40.0. The van der Waals surface area contributed by atoms with E-state index >= 15 is 0 Å². The molecule has 0 radical (unpaired) electrons. The molecule has 0 fully saturated rings. The third-order valence-corrected chi connectivity index (χ3v) is 14.5. The molecule has 0 unspecified atom stereocenters. The second kappa shape index (κ2) is 15.2. The van der Waals surface area contributed by atoms with Gasteiger partial charge in [-0.25, -0.2) is 15.0 Å². The van der Waals surface area contributed by atoms with E-state index in [9.17, 15) is 0 Å². The Morgan fingerprint density at radius 1 is 0.312 bits per heavy atom. The summed E-state index contributed by atoms with van der Waals surface area (Å²) in [7, 11) is 20.5. The Bertz CT molecular complexity index is 3800. The summed E-state index contributed by atoms with van der Waals surface area (Å²) >= 11 is 0. The van der Waals surface area contributed by atoms with E-state index in [2.05, 4.69) is 180 Å². The first-order valence-electron chi connectivity index (χ1n) is 22.3. The van der Waals surface area contributed by atoms with Crippen LogP contribution in [0.5, 0.6) is 0 Å². The van der Waals surface area contributed by atoms with Crippen molar-refractivity contribution in [2.24, 2.45) is 0 Å². The van der Waals surface area contributed by atoms with Gasteiger partial charge >= 0.3 is 0 Å². The maximum absolute atomic E-state index is 6.39. The average molecular weight is 808 g/mol. The fraction of sp³-hybridized carbons (Fsp3) is 0. The third-order valence-electron chi connectivity index (χ3n) is 14.5. The maximum Gasteiger partial charge on any atom is 0.164 e. The van der Waals surface area contributed by atoms with Gasteiger partial charge in [-0.05, 0) is 78.8 Å². The molecule has 9 aromatic carbocycles. The van der Waals surface area contributed by atoms with Gasteiger partial charge in [-0.2, -0.15) is 0 Å². The smallest absolute Gasteiger partial charge is 0.164 e. The van der Waals surface area contributed by atoms with E-state index in [1.54, 1.807) is 0 Å². The van der Waals surface area contributed by atoms with E-state index in [0.717, 1.165) is 49.8 Å². The number of hydrogen-bond acceptors (Lipinski definition) is 4. The Morgan fingerprint density at radius 3 is 1.56 bits per heavy atom. The monoisotopic (exact) mass is 809 g/mol. The fourth-order valence-electron chi connectivity index (χ4n) is 10.5. The van der Waals surface area contributed by atoms with Crippen LogP contribution in [0.25, 0.3) is 111 Å². The van der Waals surface area contributed by atoms with E-state index in [0.29, 0.717) is 17.5 Å². The van der Waals surface area contributed by atoms with Gasteiger partial charge in [-0.3, -0.25) is 0 Å². The van der Waals surface area contributed by atoms with Gasteiger partial charge < -0.3 is 4.42 Å². The van der Waals surface area contributed by atoms with Crippen LogP contribution in [0.3, 0.4) is 0 Å². The SMILES string of the molecule is Bc1c(B)c(B)c2c(c1B)c(B)c(B)c1c(B)c(-c3nc(-c4cccc(-c5ccc(-c6ccc7ccccc7c6)cc5)c4)nc(-c4cccc5oc6ccccc6c45)n3)c(B)c(B)c12. The largest absolute Gasteiger partial charge is 0.456 e. The molecule has 0 aliphatic rings. The van der Waals surface area contributed by atoms with Crippen molar-refractivity contribution < 1.29 is 4.42 Å². The summed E-state index contributed by atoms with van der Waals surface area (Å²) in [5, 5.41) is 9.89. The minimum Gasteiger partial charge on any atom is -0.456 e. The fourth-order valence-corrected chi connectivity index (χ4v) is 10.5. The van der Waals surface area contributed by atoms with E-state index in [1.165, 1.54) is 92.6 Å². The molecule has 11 aromatic rings. The molecule has 0 bridgehead atoms. The van der Waals surface area contributed by atoms with Crippen molar-refractivity contribution in [2.45, 2.75) is 0 Å². The van der Waals surface area contributed by atoms with Crippen molar-refractivity contribution in [3.8, 4) is 56.4 Å². The molecule has 0 saturated carbocycles. The molecule has 292 valence electrons. The summed E-state index contributed by atoms with van der Waals surface area (Å²) in [6, 6.07) is 47.0. The number of nitrogens with zero attached hydrogens (tertiary/aromatic N) is 3. The van der Waals surface area contributed by atoms with Crippen LogP contribution in [-0.2, 0) is 0 Å². The zero-order valence-corrected chi connectivity index (χ0v) is 38.0. The lowest BCUT2D eigenvalue weighted by atomic mass is 9.58. The molecule has 0 N–H and O–H groups in total. The average Bonchev–Trinajstić information content (AvgIpc) is 3.71. The Balaban J connectivity index is 1.12. The van der Waals surface area contributed by atoms with E-state index in [-0.39, 0.29) is 0 Å². The van der Waals surface area contributed by atoms with Gasteiger partial charge in [0.1, 0.15) is 81.8 Å². The van der Waals surface area contributed by atoms with Crippen LogP contribution >= 0.6 is 0 Å².